The molecule has 2 aromatic carbocycles. The summed E-state index contributed by atoms with van der Waals surface area (Å²) < 4.78 is 5.06. The molecule has 0 unspecified atom stereocenters. The Kier molecular flexibility index (Phi) is 4.22. The zero-order chi connectivity index (χ0) is 14.5. The summed E-state index contributed by atoms with van der Waals surface area (Å²) in [6.07, 6.45) is 0. The molecule has 104 valence electrons. The van der Waals surface area contributed by atoms with Crippen LogP contribution in [0, 0.1) is 0 Å². The van der Waals surface area contributed by atoms with Crippen molar-refractivity contribution < 1.29 is 9.53 Å². The van der Waals surface area contributed by atoms with E-state index in [1.165, 1.54) is 0 Å². The monoisotopic (exact) mass is 271 g/mol. The molecule has 0 aromatic heterocycles. The van der Waals surface area contributed by atoms with Gasteiger partial charge in [0.2, 0.25) is 0 Å². The Morgan fingerprint density at radius 1 is 1.20 bits per heavy atom. The van der Waals surface area contributed by atoms with E-state index in [0.717, 1.165) is 5.56 Å². The highest BCUT2D eigenvalue weighted by atomic mass is 16.5. The molecule has 20 heavy (non-hydrogen) atoms. The minimum Gasteiger partial charge on any atom is -0.399 e. The van der Waals surface area contributed by atoms with Crippen molar-refractivity contribution in [2.45, 2.75) is 6.61 Å². The second-order valence-electron chi connectivity index (χ2n) is 4.43. The lowest BCUT2D eigenvalue weighted by Crippen LogP contribution is -2.14. The van der Waals surface area contributed by atoms with Crippen molar-refractivity contribution in [3.63, 3.8) is 0 Å². The fourth-order valence-electron chi connectivity index (χ4n) is 1.89. The van der Waals surface area contributed by atoms with Gasteiger partial charge < -0.3 is 21.5 Å². The molecule has 1 amide bonds. The molecule has 5 N–H and O–H groups in total. The van der Waals surface area contributed by atoms with Gasteiger partial charge in [0.1, 0.15) is 0 Å². The minimum atomic E-state index is -0.267. The standard InChI is InChI=1S/C15H17N3O2/c1-20-9-10-3-2-4-12(7-10)18-15(19)13-6-5-11(16)8-14(13)17/h2-8H,9,16-17H2,1H3,(H,18,19). The molecule has 0 aliphatic heterocycles. The Morgan fingerprint density at radius 3 is 2.70 bits per heavy atom. The van der Waals surface area contributed by atoms with E-state index in [4.69, 9.17) is 16.2 Å². The van der Waals surface area contributed by atoms with Crippen molar-refractivity contribution >= 4 is 23.0 Å². The van der Waals surface area contributed by atoms with Crippen molar-refractivity contribution in [2.24, 2.45) is 0 Å². The van der Waals surface area contributed by atoms with Crippen LogP contribution in [0.1, 0.15) is 15.9 Å². The third-order valence-electron chi connectivity index (χ3n) is 2.82. The zero-order valence-electron chi connectivity index (χ0n) is 11.2. The van der Waals surface area contributed by atoms with Gasteiger partial charge in [-0.2, -0.15) is 0 Å². The molecular formula is C15H17N3O2. The van der Waals surface area contributed by atoms with Gasteiger partial charge in [0, 0.05) is 24.2 Å². The Labute approximate surface area is 117 Å². The molecular weight excluding hydrogens is 254 g/mol. The molecule has 5 nitrogen and oxygen atoms in total. The lowest BCUT2D eigenvalue weighted by atomic mass is 10.1. The quantitative estimate of drug-likeness (QED) is 0.744. The first-order chi connectivity index (χ1) is 9.60. The number of methoxy groups -OCH3 is 1. The number of hydrogen-bond acceptors (Lipinski definition) is 4. The summed E-state index contributed by atoms with van der Waals surface area (Å²) in [6, 6.07) is 12.3. The Morgan fingerprint density at radius 2 is 2.00 bits per heavy atom. The number of anilines is 3. The summed E-state index contributed by atoms with van der Waals surface area (Å²) >= 11 is 0. The number of carbonyl (C=O) groups excluding carboxylic acids is 1. The van der Waals surface area contributed by atoms with Crippen LogP contribution in [0.15, 0.2) is 42.5 Å². The number of nitrogens with two attached hydrogens (primary N) is 2. The van der Waals surface area contributed by atoms with Gasteiger partial charge in [-0.25, -0.2) is 0 Å². The van der Waals surface area contributed by atoms with E-state index in [0.29, 0.717) is 29.2 Å². The van der Waals surface area contributed by atoms with Gasteiger partial charge >= 0.3 is 0 Å². The third-order valence-corrected chi connectivity index (χ3v) is 2.82. The van der Waals surface area contributed by atoms with Crippen LogP contribution in [-0.2, 0) is 11.3 Å². The smallest absolute Gasteiger partial charge is 0.257 e. The minimum absolute atomic E-state index is 0.267. The van der Waals surface area contributed by atoms with E-state index < -0.39 is 0 Å². The predicted molar refractivity (Wildman–Crippen MR) is 80.4 cm³/mol. The summed E-state index contributed by atoms with van der Waals surface area (Å²) in [7, 11) is 1.63. The molecule has 2 rings (SSSR count). The van der Waals surface area contributed by atoms with Crippen molar-refractivity contribution in [1.82, 2.24) is 0 Å². The van der Waals surface area contributed by atoms with Crippen LogP contribution in [0.3, 0.4) is 0 Å². The Bertz CT molecular complexity index is 626. The van der Waals surface area contributed by atoms with E-state index in [1.807, 2.05) is 24.3 Å². The molecule has 5 heteroatoms. The molecule has 2 aromatic rings. The maximum atomic E-state index is 12.2. The molecule has 0 aliphatic rings. The highest BCUT2D eigenvalue weighted by Gasteiger charge is 2.10. The number of nitrogen functional groups attached to an aromatic ring is 2. The number of benzene rings is 2. The van der Waals surface area contributed by atoms with Gasteiger partial charge in [-0.15, -0.1) is 0 Å². The molecule has 0 aliphatic carbocycles. The number of amides is 1. The number of nitrogens with one attached hydrogen (secondary N) is 1. The topological polar surface area (TPSA) is 90.4 Å². The zero-order valence-corrected chi connectivity index (χ0v) is 11.2. The average molecular weight is 271 g/mol. The van der Waals surface area contributed by atoms with E-state index >= 15 is 0 Å². The Balaban J connectivity index is 2.17. The fraction of sp³-hybridized carbons (Fsp3) is 0.133. The van der Waals surface area contributed by atoms with E-state index in [1.54, 1.807) is 25.3 Å². The lowest BCUT2D eigenvalue weighted by Gasteiger charge is -2.09. The number of ether oxygens (including phenoxy) is 1. The first-order valence-electron chi connectivity index (χ1n) is 6.14. The van der Waals surface area contributed by atoms with E-state index in [2.05, 4.69) is 5.32 Å². The third kappa shape index (κ3) is 3.27. The second-order valence-corrected chi connectivity index (χ2v) is 4.43. The summed E-state index contributed by atoms with van der Waals surface area (Å²) in [5.74, 6) is -0.267. The molecule has 0 fully saturated rings. The number of hydrogen-bond donors (Lipinski definition) is 3. The highest BCUT2D eigenvalue weighted by molar-refractivity contribution is 6.08. The summed E-state index contributed by atoms with van der Waals surface area (Å²) in [4.78, 5) is 12.2. The lowest BCUT2D eigenvalue weighted by molar-refractivity contribution is 0.102. The molecule has 0 heterocycles. The van der Waals surface area contributed by atoms with E-state index in [9.17, 15) is 4.79 Å². The normalized spacial score (nSPS) is 10.2. The van der Waals surface area contributed by atoms with Crippen LogP contribution < -0.4 is 16.8 Å². The average Bonchev–Trinajstić information content (AvgIpc) is 2.39. The maximum Gasteiger partial charge on any atom is 0.257 e. The van der Waals surface area contributed by atoms with Gasteiger partial charge in [-0.3, -0.25) is 4.79 Å². The Hall–Kier alpha value is -2.53. The van der Waals surface area contributed by atoms with Gasteiger partial charge in [-0.05, 0) is 35.9 Å². The molecule has 0 radical (unpaired) electrons. The summed E-state index contributed by atoms with van der Waals surface area (Å²) in [6.45, 7) is 0.494. The largest absolute Gasteiger partial charge is 0.399 e. The van der Waals surface area contributed by atoms with Crippen LogP contribution >= 0.6 is 0 Å². The van der Waals surface area contributed by atoms with Crippen LogP contribution in [0.25, 0.3) is 0 Å². The van der Waals surface area contributed by atoms with Crippen molar-refractivity contribution in [3.8, 4) is 0 Å². The van der Waals surface area contributed by atoms with Crippen molar-refractivity contribution in [3.05, 3.63) is 53.6 Å². The van der Waals surface area contributed by atoms with Crippen molar-refractivity contribution in [2.75, 3.05) is 23.9 Å². The molecule has 0 atom stereocenters. The van der Waals surface area contributed by atoms with Crippen LogP contribution in [0.5, 0.6) is 0 Å². The van der Waals surface area contributed by atoms with Crippen LogP contribution in [-0.4, -0.2) is 13.0 Å². The second kappa shape index (κ2) is 6.08. The molecule has 0 saturated heterocycles. The van der Waals surface area contributed by atoms with Gasteiger partial charge in [-0.1, -0.05) is 12.1 Å². The molecule has 0 saturated carbocycles. The number of rotatable bonds is 4. The maximum absolute atomic E-state index is 12.2. The first-order valence-corrected chi connectivity index (χ1v) is 6.14. The van der Waals surface area contributed by atoms with Crippen LogP contribution in [0.4, 0.5) is 17.1 Å². The molecule has 0 bridgehead atoms. The molecule has 0 spiro atoms. The predicted octanol–water partition coefficient (Wildman–Crippen LogP) is 2.25. The van der Waals surface area contributed by atoms with E-state index in [-0.39, 0.29) is 5.91 Å². The fourth-order valence-corrected chi connectivity index (χ4v) is 1.89. The van der Waals surface area contributed by atoms with Crippen LogP contribution in [0.2, 0.25) is 0 Å². The highest BCUT2D eigenvalue weighted by Crippen LogP contribution is 2.18. The number of carbonyl (C=O) groups is 1. The summed E-state index contributed by atoms with van der Waals surface area (Å²) in [5.41, 5.74) is 14.4. The SMILES string of the molecule is COCc1cccc(NC(=O)c2ccc(N)cc2N)c1. The van der Waals surface area contributed by atoms with Gasteiger partial charge in [0.25, 0.3) is 5.91 Å². The van der Waals surface area contributed by atoms with Crippen molar-refractivity contribution in [1.29, 1.82) is 0 Å². The first kappa shape index (κ1) is 13.9. The van der Waals surface area contributed by atoms with Gasteiger partial charge in [0.15, 0.2) is 0 Å². The van der Waals surface area contributed by atoms with Gasteiger partial charge in [0.05, 0.1) is 12.2 Å². The summed E-state index contributed by atoms with van der Waals surface area (Å²) in [5, 5.41) is 2.80.